The van der Waals surface area contributed by atoms with E-state index in [1.54, 1.807) is 0 Å². The van der Waals surface area contributed by atoms with Crippen molar-refractivity contribution in [3.8, 4) is 11.8 Å². The number of nitrogens with two attached hydrogens (primary N) is 1. The van der Waals surface area contributed by atoms with Gasteiger partial charge in [0.1, 0.15) is 17.3 Å². The summed E-state index contributed by atoms with van der Waals surface area (Å²) in [4.78, 5) is 0. The first kappa shape index (κ1) is 10.5. The van der Waals surface area contributed by atoms with E-state index in [1.807, 2.05) is 0 Å². The maximum Gasteiger partial charge on any atom is 0.150 e. The third kappa shape index (κ3) is 2.44. The Bertz CT molecular complexity index is 370. The molecule has 0 fully saturated rings. The Kier molecular flexibility index (Phi) is 3.43. The molecular formula is C10H9F2NO. The Hall–Kier alpha value is -1.60. The smallest absolute Gasteiger partial charge is 0.150 e. The third-order valence-electron chi connectivity index (χ3n) is 1.55. The highest BCUT2D eigenvalue weighted by Crippen LogP contribution is 2.16. The maximum atomic E-state index is 12.9. The minimum absolute atomic E-state index is 0.0765. The molecule has 0 aliphatic heterocycles. The summed E-state index contributed by atoms with van der Waals surface area (Å²) in [6.45, 7) is -0.0765. The van der Waals surface area contributed by atoms with E-state index in [0.29, 0.717) is 0 Å². The summed E-state index contributed by atoms with van der Waals surface area (Å²) in [7, 11) is 0. The third-order valence-corrected chi connectivity index (χ3v) is 1.55. The Morgan fingerprint density at radius 3 is 2.36 bits per heavy atom. The molecule has 0 atom stereocenters. The Morgan fingerprint density at radius 2 is 1.86 bits per heavy atom. The number of hydrogen-bond acceptors (Lipinski definition) is 2. The summed E-state index contributed by atoms with van der Waals surface area (Å²) >= 11 is 0. The van der Waals surface area contributed by atoms with Gasteiger partial charge in [-0.3, -0.25) is 0 Å². The van der Waals surface area contributed by atoms with Crippen molar-refractivity contribution in [1.29, 1.82) is 0 Å². The minimum Gasteiger partial charge on any atom is -0.395 e. The van der Waals surface area contributed by atoms with Gasteiger partial charge in [-0.25, -0.2) is 8.78 Å². The second-order valence-electron chi connectivity index (χ2n) is 2.63. The molecule has 0 saturated heterocycles. The Labute approximate surface area is 80.4 Å². The van der Waals surface area contributed by atoms with E-state index < -0.39 is 17.3 Å². The molecule has 0 heterocycles. The number of anilines is 1. The first-order chi connectivity index (χ1) is 6.65. The molecule has 0 amide bonds. The Morgan fingerprint density at radius 1 is 1.29 bits per heavy atom. The molecule has 0 spiro atoms. The van der Waals surface area contributed by atoms with E-state index in [2.05, 4.69) is 11.8 Å². The first-order valence-electron chi connectivity index (χ1n) is 3.99. The van der Waals surface area contributed by atoms with Gasteiger partial charge in [-0.05, 0) is 12.1 Å². The number of aliphatic hydroxyl groups is 1. The van der Waals surface area contributed by atoms with Crippen LogP contribution in [0.25, 0.3) is 0 Å². The summed E-state index contributed by atoms with van der Waals surface area (Å²) in [6.07, 6.45) is 0.271. The monoisotopic (exact) mass is 197 g/mol. The molecule has 1 aromatic carbocycles. The highest BCUT2D eigenvalue weighted by Gasteiger charge is 2.05. The molecular weight excluding hydrogens is 188 g/mol. The van der Waals surface area contributed by atoms with E-state index in [1.165, 1.54) is 0 Å². The van der Waals surface area contributed by atoms with E-state index in [9.17, 15) is 8.78 Å². The maximum absolute atomic E-state index is 12.9. The molecule has 0 aromatic heterocycles. The van der Waals surface area contributed by atoms with Crippen molar-refractivity contribution in [2.24, 2.45) is 0 Å². The number of rotatable bonds is 1. The average Bonchev–Trinajstić information content (AvgIpc) is 2.14. The van der Waals surface area contributed by atoms with E-state index >= 15 is 0 Å². The first-order valence-corrected chi connectivity index (χ1v) is 3.99. The van der Waals surface area contributed by atoms with Gasteiger partial charge in [0.2, 0.25) is 0 Å². The summed E-state index contributed by atoms with van der Waals surface area (Å²) < 4.78 is 25.7. The molecule has 1 aromatic rings. The number of nitrogen functional groups attached to an aromatic ring is 1. The quantitative estimate of drug-likeness (QED) is 0.526. The van der Waals surface area contributed by atoms with Crippen LogP contribution in [-0.2, 0) is 0 Å². The highest BCUT2D eigenvalue weighted by atomic mass is 19.1. The normalized spacial score (nSPS) is 9.36. The van der Waals surface area contributed by atoms with E-state index in [-0.39, 0.29) is 18.6 Å². The van der Waals surface area contributed by atoms with Gasteiger partial charge in [0.05, 0.1) is 6.61 Å². The number of halogens is 2. The van der Waals surface area contributed by atoms with Gasteiger partial charge < -0.3 is 10.8 Å². The van der Waals surface area contributed by atoms with Crippen molar-refractivity contribution in [3.05, 3.63) is 29.3 Å². The van der Waals surface area contributed by atoms with Crippen molar-refractivity contribution in [2.45, 2.75) is 6.42 Å². The summed E-state index contributed by atoms with van der Waals surface area (Å²) in [6, 6.07) is 2.12. The molecule has 4 heteroatoms. The molecule has 1 rings (SSSR count). The van der Waals surface area contributed by atoms with Crippen LogP contribution in [0.1, 0.15) is 12.0 Å². The minimum atomic E-state index is -0.821. The number of aliphatic hydroxyl groups excluding tert-OH is 1. The largest absolute Gasteiger partial charge is 0.395 e. The zero-order chi connectivity index (χ0) is 10.6. The van der Waals surface area contributed by atoms with Crippen LogP contribution in [0.5, 0.6) is 0 Å². The van der Waals surface area contributed by atoms with E-state index in [0.717, 1.165) is 12.1 Å². The van der Waals surface area contributed by atoms with Crippen LogP contribution in [0.3, 0.4) is 0 Å². The fourth-order valence-corrected chi connectivity index (χ4v) is 0.877. The van der Waals surface area contributed by atoms with Crippen molar-refractivity contribution >= 4 is 5.69 Å². The highest BCUT2D eigenvalue weighted by molar-refractivity contribution is 5.47. The lowest BCUT2D eigenvalue weighted by Crippen LogP contribution is -1.96. The van der Waals surface area contributed by atoms with Crippen LogP contribution in [0.2, 0.25) is 0 Å². The standard InChI is InChI=1S/C10H9F2NO/c11-8-5-7(3-1-2-4-14)6-9(12)10(8)13/h5-6,14H,2,4,13H2. The van der Waals surface area contributed by atoms with Gasteiger partial charge in [-0.15, -0.1) is 0 Å². The molecule has 0 aliphatic carbocycles. The summed E-state index contributed by atoms with van der Waals surface area (Å²) in [5.74, 6) is 3.42. The summed E-state index contributed by atoms with van der Waals surface area (Å²) in [5.41, 5.74) is 4.78. The van der Waals surface area contributed by atoms with Crippen LogP contribution < -0.4 is 5.73 Å². The number of hydrogen-bond donors (Lipinski definition) is 2. The van der Waals surface area contributed by atoms with Gasteiger partial charge >= 0.3 is 0 Å². The fourth-order valence-electron chi connectivity index (χ4n) is 0.877. The molecule has 0 aliphatic rings. The fraction of sp³-hybridized carbons (Fsp3) is 0.200. The van der Waals surface area contributed by atoms with Crippen LogP contribution in [0.4, 0.5) is 14.5 Å². The zero-order valence-electron chi connectivity index (χ0n) is 7.35. The second-order valence-corrected chi connectivity index (χ2v) is 2.63. The lowest BCUT2D eigenvalue weighted by molar-refractivity contribution is 0.305. The molecule has 0 radical (unpaired) electrons. The lowest BCUT2D eigenvalue weighted by atomic mass is 10.2. The van der Waals surface area contributed by atoms with Gasteiger partial charge in [-0.2, -0.15) is 0 Å². The second kappa shape index (κ2) is 4.58. The average molecular weight is 197 g/mol. The molecule has 0 unspecified atom stereocenters. The van der Waals surface area contributed by atoms with Crippen LogP contribution in [0, 0.1) is 23.5 Å². The van der Waals surface area contributed by atoms with Gasteiger partial charge in [-0.1, -0.05) is 11.8 Å². The molecule has 74 valence electrons. The molecule has 0 saturated carbocycles. The topological polar surface area (TPSA) is 46.2 Å². The van der Waals surface area contributed by atoms with Crippen LogP contribution in [-0.4, -0.2) is 11.7 Å². The molecule has 14 heavy (non-hydrogen) atoms. The zero-order valence-corrected chi connectivity index (χ0v) is 7.35. The molecule has 3 N–H and O–H groups in total. The van der Waals surface area contributed by atoms with Crippen molar-refractivity contribution in [2.75, 3.05) is 12.3 Å². The number of benzene rings is 1. The van der Waals surface area contributed by atoms with Crippen molar-refractivity contribution in [3.63, 3.8) is 0 Å². The lowest BCUT2D eigenvalue weighted by Gasteiger charge is -1.98. The van der Waals surface area contributed by atoms with E-state index in [4.69, 9.17) is 10.8 Å². The predicted octanol–water partition coefficient (Wildman–Crippen LogP) is 1.28. The SMILES string of the molecule is Nc1c(F)cc(C#CCCO)cc1F. The Balaban J connectivity index is 2.97. The van der Waals surface area contributed by atoms with Crippen molar-refractivity contribution < 1.29 is 13.9 Å². The molecule has 2 nitrogen and oxygen atoms in total. The predicted molar refractivity (Wildman–Crippen MR) is 49.4 cm³/mol. The van der Waals surface area contributed by atoms with Gasteiger partial charge in [0.15, 0.2) is 0 Å². The van der Waals surface area contributed by atoms with Crippen LogP contribution in [0.15, 0.2) is 12.1 Å². The molecule has 0 bridgehead atoms. The van der Waals surface area contributed by atoms with Gasteiger partial charge in [0, 0.05) is 12.0 Å². The van der Waals surface area contributed by atoms with Crippen molar-refractivity contribution in [1.82, 2.24) is 0 Å². The van der Waals surface area contributed by atoms with Gasteiger partial charge in [0.25, 0.3) is 0 Å². The summed E-state index contributed by atoms with van der Waals surface area (Å²) in [5, 5.41) is 8.43. The van der Waals surface area contributed by atoms with Crippen LogP contribution >= 0.6 is 0 Å².